The standard InChI is InChI=1S/C28H25ClF3N5O3/c1-36(23-4-2-3-5-24(23)40-13-8-26(38)37-11-9-34-10-12-37)27(39)18-6-7-22(29)20(14-18)21-17-35-25(28(30,31)32)15-19(21)16-33/h2-7,14-15,17,34H,8-13H2,1H3. The summed E-state index contributed by atoms with van der Waals surface area (Å²) in [6.45, 7) is 2.93. The van der Waals surface area contributed by atoms with Crippen LogP contribution in [0.25, 0.3) is 11.1 Å². The van der Waals surface area contributed by atoms with Gasteiger partial charge in [0.1, 0.15) is 11.4 Å². The molecule has 208 valence electrons. The Balaban J connectivity index is 1.54. The van der Waals surface area contributed by atoms with Gasteiger partial charge in [-0.05, 0) is 36.4 Å². The number of carbonyl (C=O) groups excluding carboxylic acids is 2. The Morgan fingerprint density at radius 2 is 1.88 bits per heavy atom. The van der Waals surface area contributed by atoms with E-state index in [4.69, 9.17) is 16.3 Å². The minimum absolute atomic E-state index is 0.00778. The number of aromatic nitrogens is 1. The number of rotatable bonds is 7. The third-order valence-corrected chi connectivity index (χ3v) is 6.72. The second kappa shape index (κ2) is 12.4. The highest BCUT2D eigenvalue weighted by atomic mass is 35.5. The lowest BCUT2D eigenvalue weighted by Crippen LogP contribution is -2.46. The molecule has 0 atom stereocenters. The summed E-state index contributed by atoms with van der Waals surface area (Å²) in [6, 6.07) is 13.6. The molecule has 1 aliphatic rings. The van der Waals surface area contributed by atoms with Crippen LogP contribution in [0.15, 0.2) is 54.7 Å². The number of halogens is 4. The summed E-state index contributed by atoms with van der Waals surface area (Å²) in [5.74, 6) is -0.0600. The Hall–Kier alpha value is -4.14. The third-order valence-electron chi connectivity index (χ3n) is 6.39. The van der Waals surface area contributed by atoms with Crippen LogP contribution in [0.4, 0.5) is 18.9 Å². The van der Waals surface area contributed by atoms with Gasteiger partial charge in [-0.2, -0.15) is 18.4 Å². The van der Waals surface area contributed by atoms with Crippen molar-refractivity contribution in [2.24, 2.45) is 0 Å². The van der Waals surface area contributed by atoms with Crippen molar-refractivity contribution in [2.45, 2.75) is 12.6 Å². The molecule has 3 aromatic rings. The lowest BCUT2D eigenvalue weighted by Gasteiger charge is -2.27. The average Bonchev–Trinajstić information content (AvgIpc) is 2.96. The number of pyridine rings is 1. The number of hydrogen-bond donors (Lipinski definition) is 1. The Bertz CT molecular complexity index is 1450. The second-order valence-electron chi connectivity index (χ2n) is 8.98. The first-order valence-electron chi connectivity index (χ1n) is 12.4. The van der Waals surface area contributed by atoms with Gasteiger partial charge in [-0.15, -0.1) is 0 Å². The van der Waals surface area contributed by atoms with Gasteiger partial charge >= 0.3 is 6.18 Å². The van der Waals surface area contributed by atoms with Crippen LogP contribution in [-0.2, 0) is 11.0 Å². The monoisotopic (exact) mass is 571 g/mol. The molecule has 2 heterocycles. The molecule has 12 heteroatoms. The molecule has 1 aliphatic heterocycles. The maximum atomic E-state index is 13.5. The van der Waals surface area contributed by atoms with E-state index < -0.39 is 17.8 Å². The van der Waals surface area contributed by atoms with Crippen LogP contribution in [0.1, 0.15) is 28.0 Å². The number of benzene rings is 2. The molecule has 40 heavy (non-hydrogen) atoms. The molecule has 0 bridgehead atoms. The lowest BCUT2D eigenvalue weighted by molar-refractivity contribution is -0.141. The number of carbonyl (C=O) groups is 2. The van der Waals surface area contributed by atoms with Crippen molar-refractivity contribution in [3.63, 3.8) is 0 Å². The molecule has 1 aromatic heterocycles. The topological polar surface area (TPSA) is 98.6 Å². The number of amides is 2. The van der Waals surface area contributed by atoms with E-state index in [1.165, 1.54) is 23.1 Å². The van der Waals surface area contributed by atoms with Gasteiger partial charge in [-0.1, -0.05) is 23.7 Å². The molecular formula is C28H25ClF3N5O3. The van der Waals surface area contributed by atoms with Crippen molar-refractivity contribution in [1.82, 2.24) is 15.2 Å². The van der Waals surface area contributed by atoms with Crippen LogP contribution in [-0.4, -0.2) is 61.5 Å². The van der Waals surface area contributed by atoms with Crippen LogP contribution in [0.2, 0.25) is 5.02 Å². The molecule has 0 aliphatic carbocycles. The molecule has 0 radical (unpaired) electrons. The summed E-state index contributed by atoms with van der Waals surface area (Å²) in [5.41, 5.74) is -0.606. The van der Waals surface area contributed by atoms with Crippen molar-refractivity contribution in [3.8, 4) is 22.9 Å². The Kier molecular flexibility index (Phi) is 8.92. The van der Waals surface area contributed by atoms with Gasteiger partial charge in [0.25, 0.3) is 5.91 Å². The normalized spacial score (nSPS) is 13.4. The number of nitrogens with zero attached hydrogens (tertiary/aromatic N) is 4. The Morgan fingerprint density at radius 1 is 1.15 bits per heavy atom. The van der Waals surface area contributed by atoms with Crippen molar-refractivity contribution < 1.29 is 27.5 Å². The van der Waals surface area contributed by atoms with Gasteiger partial charge in [-0.25, -0.2) is 0 Å². The largest absolute Gasteiger partial charge is 0.491 e. The first kappa shape index (κ1) is 28.9. The SMILES string of the molecule is CN(C(=O)c1ccc(Cl)c(-c2cnc(C(F)(F)F)cc2C#N)c1)c1ccccc1OCCC(=O)N1CCNCC1. The van der Waals surface area contributed by atoms with Gasteiger partial charge < -0.3 is 19.9 Å². The number of anilines is 1. The fraction of sp³-hybridized carbons (Fsp3) is 0.286. The van der Waals surface area contributed by atoms with E-state index in [9.17, 15) is 28.0 Å². The molecule has 1 saturated heterocycles. The number of alkyl halides is 3. The minimum atomic E-state index is -4.72. The van der Waals surface area contributed by atoms with Crippen molar-refractivity contribution in [3.05, 3.63) is 76.6 Å². The van der Waals surface area contributed by atoms with Gasteiger partial charge in [0.2, 0.25) is 5.91 Å². The van der Waals surface area contributed by atoms with Gasteiger partial charge in [0, 0.05) is 61.1 Å². The lowest BCUT2D eigenvalue weighted by atomic mass is 9.99. The first-order chi connectivity index (χ1) is 19.1. The molecule has 4 rings (SSSR count). The predicted octanol–water partition coefficient (Wildman–Crippen LogP) is 4.77. The van der Waals surface area contributed by atoms with Crippen molar-refractivity contribution >= 4 is 29.1 Å². The molecule has 1 N–H and O–H groups in total. The molecule has 0 unspecified atom stereocenters. The molecule has 0 spiro atoms. The molecule has 1 fully saturated rings. The van der Waals surface area contributed by atoms with Crippen molar-refractivity contribution in [1.29, 1.82) is 5.26 Å². The minimum Gasteiger partial charge on any atom is -0.491 e. The fourth-order valence-corrected chi connectivity index (χ4v) is 4.48. The predicted molar refractivity (Wildman–Crippen MR) is 143 cm³/mol. The van der Waals surface area contributed by atoms with Crippen LogP contribution >= 0.6 is 11.6 Å². The van der Waals surface area contributed by atoms with Crippen LogP contribution < -0.4 is 15.0 Å². The average molecular weight is 572 g/mol. The van der Waals surface area contributed by atoms with E-state index in [1.54, 1.807) is 42.3 Å². The third kappa shape index (κ3) is 6.52. The van der Waals surface area contributed by atoms with Crippen LogP contribution in [0.3, 0.4) is 0 Å². The molecule has 0 saturated carbocycles. The summed E-state index contributed by atoms with van der Waals surface area (Å²) >= 11 is 6.32. The highest BCUT2D eigenvalue weighted by Crippen LogP contribution is 2.35. The highest BCUT2D eigenvalue weighted by molar-refractivity contribution is 6.33. The summed E-state index contributed by atoms with van der Waals surface area (Å²) in [5, 5.41) is 12.8. The van der Waals surface area contributed by atoms with Crippen LogP contribution in [0, 0.1) is 11.3 Å². The number of nitrogens with one attached hydrogen (secondary N) is 1. The molecule has 2 amide bonds. The van der Waals surface area contributed by atoms with Crippen molar-refractivity contribution in [2.75, 3.05) is 44.7 Å². The van der Waals surface area contributed by atoms with E-state index in [2.05, 4.69) is 10.3 Å². The summed E-state index contributed by atoms with van der Waals surface area (Å²) in [7, 11) is 1.55. The summed E-state index contributed by atoms with van der Waals surface area (Å²) in [6.07, 6.45) is -3.61. The van der Waals surface area contributed by atoms with Gasteiger partial charge in [0.15, 0.2) is 0 Å². The van der Waals surface area contributed by atoms with Gasteiger partial charge in [-0.3, -0.25) is 14.6 Å². The maximum Gasteiger partial charge on any atom is 0.433 e. The van der Waals surface area contributed by atoms with E-state index in [-0.39, 0.29) is 46.2 Å². The molecule has 8 nitrogen and oxygen atoms in total. The van der Waals surface area contributed by atoms with E-state index in [0.717, 1.165) is 19.3 Å². The zero-order chi connectivity index (χ0) is 28.9. The smallest absolute Gasteiger partial charge is 0.433 e. The fourth-order valence-electron chi connectivity index (χ4n) is 4.26. The quantitative estimate of drug-likeness (QED) is 0.439. The zero-order valence-electron chi connectivity index (χ0n) is 21.5. The Labute approximate surface area is 233 Å². The van der Waals surface area contributed by atoms with Gasteiger partial charge in [0.05, 0.1) is 30.3 Å². The molecular weight excluding hydrogens is 547 g/mol. The number of para-hydroxylation sites is 2. The molecule has 2 aromatic carbocycles. The second-order valence-corrected chi connectivity index (χ2v) is 9.39. The number of ether oxygens (including phenoxy) is 1. The van der Waals surface area contributed by atoms with E-state index in [1.807, 2.05) is 0 Å². The summed E-state index contributed by atoms with van der Waals surface area (Å²) in [4.78, 5) is 32.5. The number of piperazine rings is 1. The van der Waals surface area contributed by atoms with E-state index in [0.29, 0.717) is 30.6 Å². The number of nitriles is 1. The highest BCUT2D eigenvalue weighted by Gasteiger charge is 2.33. The maximum absolute atomic E-state index is 13.5. The zero-order valence-corrected chi connectivity index (χ0v) is 22.2. The van der Waals surface area contributed by atoms with Crippen LogP contribution in [0.5, 0.6) is 5.75 Å². The first-order valence-corrected chi connectivity index (χ1v) is 12.7. The Morgan fingerprint density at radius 3 is 2.58 bits per heavy atom. The number of hydrogen-bond acceptors (Lipinski definition) is 6. The summed E-state index contributed by atoms with van der Waals surface area (Å²) < 4.78 is 45.2. The van der Waals surface area contributed by atoms with E-state index >= 15 is 0 Å².